The van der Waals surface area contributed by atoms with Crippen molar-refractivity contribution >= 4 is 0 Å². The average molecular weight is 391 g/mol. The Hall–Kier alpha value is -0.420. The summed E-state index contributed by atoms with van der Waals surface area (Å²) in [6.45, 7) is 8.65. The summed E-state index contributed by atoms with van der Waals surface area (Å²) < 4.78 is 12.3. The van der Waals surface area contributed by atoms with Crippen molar-refractivity contribution in [2.75, 3.05) is 19.8 Å². The molecule has 0 spiro atoms. The van der Waals surface area contributed by atoms with Gasteiger partial charge in [-0.1, -0.05) is 25.5 Å². The molecule has 1 heterocycles. The first kappa shape index (κ1) is 19.5. The minimum Gasteiger partial charge on any atom is -0.396 e. The third-order valence-electron chi connectivity index (χ3n) is 9.91. The van der Waals surface area contributed by atoms with Crippen molar-refractivity contribution in [1.82, 2.24) is 0 Å². The first-order chi connectivity index (χ1) is 13.3. The SMILES string of the molecule is CC1([C@@H]2[C@H](CO)C[C@@H]3[C@@H]4CC=C5C[C@H](O)CC[C@]5(C)[C@@H]4CC[C@@]32C)OCCO1. The number of fused-ring (bicyclic) bond motifs is 5. The molecule has 4 heteroatoms. The van der Waals surface area contributed by atoms with Crippen LogP contribution in [0.3, 0.4) is 0 Å². The Bertz CT molecular complexity index is 653. The molecule has 2 N–H and O–H groups in total. The van der Waals surface area contributed by atoms with Crippen molar-refractivity contribution in [2.24, 2.45) is 40.4 Å². The van der Waals surface area contributed by atoms with Gasteiger partial charge in [-0.2, -0.15) is 0 Å². The van der Waals surface area contributed by atoms with E-state index in [-0.39, 0.29) is 35.4 Å². The second-order valence-corrected chi connectivity index (χ2v) is 11.1. The van der Waals surface area contributed by atoms with Crippen LogP contribution in [0.4, 0.5) is 0 Å². The Morgan fingerprint density at radius 1 is 1.07 bits per heavy atom. The molecule has 8 atom stereocenters. The maximum Gasteiger partial charge on any atom is 0.169 e. The van der Waals surface area contributed by atoms with E-state index in [9.17, 15) is 10.2 Å². The van der Waals surface area contributed by atoms with Crippen LogP contribution in [0.5, 0.6) is 0 Å². The number of aliphatic hydroxyl groups is 2. The molecule has 1 aliphatic heterocycles. The molecule has 0 amide bonds. The zero-order valence-electron chi connectivity index (χ0n) is 17.8. The van der Waals surface area contributed by atoms with E-state index in [2.05, 4.69) is 26.8 Å². The van der Waals surface area contributed by atoms with Crippen LogP contribution in [0, 0.1) is 40.4 Å². The van der Waals surface area contributed by atoms with Crippen molar-refractivity contribution in [3.05, 3.63) is 11.6 Å². The number of rotatable bonds is 2. The fraction of sp³-hybridized carbons (Fsp3) is 0.917. The Morgan fingerprint density at radius 3 is 2.54 bits per heavy atom. The summed E-state index contributed by atoms with van der Waals surface area (Å²) in [7, 11) is 0. The van der Waals surface area contributed by atoms with E-state index in [0.29, 0.717) is 25.0 Å². The summed E-state index contributed by atoms with van der Waals surface area (Å²) in [5.74, 6) is 2.02. The van der Waals surface area contributed by atoms with Crippen LogP contribution in [-0.2, 0) is 9.47 Å². The van der Waals surface area contributed by atoms with Gasteiger partial charge in [-0.25, -0.2) is 0 Å². The quantitative estimate of drug-likeness (QED) is 0.702. The lowest BCUT2D eigenvalue weighted by Crippen LogP contribution is -2.54. The smallest absolute Gasteiger partial charge is 0.169 e. The predicted molar refractivity (Wildman–Crippen MR) is 107 cm³/mol. The lowest BCUT2D eigenvalue weighted by atomic mass is 9.47. The van der Waals surface area contributed by atoms with Crippen LogP contribution in [0.25, 0.3) is 0 Å². The van der Waals surface area contributed by atoms with Gasteiger partial charge in [0.05, 0.1) is 19.3 Å². The van der Waals surface area contributed by atoms with Gasteiger partial charge in [-0.3, -0.25) is 0 Å². The number of hydrogen-bond donors (Lipinski definition) is 2. The van der Waals surface area contributed by atoms with E-state index in [1.165, 1.54) is 18.4 Å². The van der Waals surface area contributed by atoms with E-state index < -0.39 is 5.79 Å². The molecule has 3 saturated carbocycles. The van der Waals surface area contributed by atoms with Gasteiger partial charge in [-0.15, -0.1) is 0 Å². The summed E-state index contributed by atoms with van der Waals surface area (Å²) in [4.78, 5) is 0. The number of ether oxygens (including phenoxy) is 2. The molecule has 158 valence electrons. The van der Waals surface area contributed by atoms with E-state index >= 15 is 0 Å². The van der Waals surface area contributed by atoms with Gasteiger partial charge in [0.2, 0.25) is 0 Å². The summed E-state index contributed by atoms with van der Waals surface area (Å²) in [5, 5.41) is 20.5. The minimum atomic E-state index is -0.543. The largest absolute Gasteiger partial charge is 0.396 e. The lowest BCUT2D eigenvalue weighted by Gasteiger charge is -2.58. The first-order valence-electron chi connectivity index (χ1n) is 11.6. The topological polar surface area (TPSA) is 58.9 Å². The molecule has 0 radical (unpaired) electrons. The van der Waals surface area contributed by atoms with Gasteiger partial charge in [0.1, 0.15) is 0 Å². The molecule has 5 aliphatic rings. The fourth-order valence-corrected chi connectivity index (χ4v) is 8.74. The standard InChI is InChI=1S/C24H38O4/c1-22-8-6-17(26)13-16(22)4-5-18-19(22)7-9-23(2)20(18)12-15(14-25)21(23)24(3)27-10-11-28-24/h4,15,17-21,25-26H,5-14H2,1-3H3/t15-,17+,18+,19+,20+,21+,22-,23-/m0/s1. The highest BCUT2D eigenvalue weighted by atomic mass is 16.7. The Kier molecular flexibility index (Phi) is 4.56. The number of hydrogen-bond acceptors (Lipinski definition) is 4. The van der Waals surface area contributed by atoms with Gasteiger partial charge >= 0.3 is 0 Å². The highest BCUT2D eigenvalue weighted by Crippen LogP contribution is 2.69. The molecule has 1 saturated heterocycles. The maximum atomic E-state index is 10.3. The average Bonchev–Trinajstić information content (AvgIpc) is 3.23. The molecule has 0 bridgehead atoms. The van der Waals surface area contributed by atoms with Gasteiger partial charge in [0, 0.05) is 12.5 Å². The van der Waals surface area contributed by atoms with Crippen LogP contribution in [0.2, 0.25) is 0 Å². The molecule has 4 fully saturated rings. The van der Waals surface area contributed by atoms with Crippen LogP contribution in [0.1, 0.15) is 65.7 Å². The summed E-state index contributed by atoms with van der Waals surface area (Å²) in [6, 6.07) is 0. The second kappa shape index (κ2) is 6.54. The van der Waals surface area contributed by atoms with Crippen molar-refractivity contribution in [2.45, 2.75) is 77.6 Å². The van der Waals surface area contributed by atoms with Crippen LogP contribution < -0.4 is 0 Å². The van der Waals surface area contributed by atoms with E-state index in [1.807, 2.05) is 0 Å². The number of aliphatic hydroxyl groups excluding tert-OH is 2. The third-order valence-corrected chi connectivity index (χ3v) is 9.91. The van der Waals surface area contributed by atoms with E-state index in [1.54, 1.807) is 0 Å². The minimum absolute atomic E-state index is 0.143. The maximum absolute atomic E-state index is 10.3. The molecule has 4 nitrogen and oxygen atoms in total. The van der Waals surface area contributed by atoms with Crippen molar-refractivity contribution < 1.29 is 19.7 Å². The molecule has 4 aliphatic carbocycles. The molecule has 0 unspecified atom stereocenters. The molecule has 5 rings (SSSR count). The van der Waals surface area contributed by atoms with E-state index in [4.69, 9.17) is 9.47 Å². The summed E-state index contributed by atoms with van der Waals surface area (Å²) >= 11 is 0. The zero-order chi connectivity index (χ0) is 19.7. The van der Waals surface area contributed by atoms with Gasteiger partial charge in [-0.05, 0) is 86.4 Å². The highest BCUT2D eigenvalue weighted by Gasteiger charge is 2.65. The molecule has 28 heavy (non-hydrogen) atoms. The third kappa shape index (κ3) is 2.57. The lowest BCUT2D eigenvalue weighted by molar-refractivity contribution is -0.225. The Labute approximate surface area is 169 Å². The predicted octanol–water partition coefficient (Wildman–Crippen LogP) is 3.91. The van der Waals surface area contributed by atoms with Crippen molar-refractivity contribution in [3.8, 4) is 0 Å². The summed E-state index contributed by atoms with van der Waals surface area (Å²) in [5.41, 5.74) is 1.96. The van der Waals surface area contributed by atoms with Crippen molar-refractivity contribution in [1.29, 1.82) is 0 Å². The molecular weight excluding hydrogens is 352 g/mol. The monoisotopic (exact) mass is 390 g/mol. The van der Waals surface area contributed by atoms with Crippen LogP contribution in [-0.4, -0.2) is 41.9 Å². The fourth-order valence-electron chi connectivity index (χ4n) is 8.74. The molecule has 0 aromatic heterocycles. The van der Waals surface area contributed by atoms with Crippen LogP contribution in [0.15, 0.2) is 11.6 Å². The van der Waals surface area contributed by atoms with Gasteiger partial charge in [0.25, 0.3) is 0 Å². The van der Waals surface area contributed by atoms with E-state index in [0.717, 1.165) is 38.0 Å². The first-order valence-corrected chi connectivity index (χ1v) is 11.6. The highest BCUT2D eigenvalue weighted by molar-refractivity contribution is 5.26. The summed E-state index contributed by atoms with van der Waals surface area (Å²) in [6.07, 6.45) is 10.00. The van der Waals surface area contributed by atoms with Crippen molar-refractivity contribution in [3.63, 3.8) is 0 Å². The Morgan fingerprint density at radius 2 is 1.82 bits per heavy atom. The second-order valence-electron chi connectivity index (χ2n) is 11.1. The number of allylic oxidation sites excluding steroid dienone is 1. The molecule has 0 aromatic rings. The Balaban J connectivity index is 1.49. The van der Waals surface area contributed by atoms with Gasteiger partial charge in [0.15, 0.2) is 5.79 Å². The van der Waals surface area contributed by atoms with Crippen LogP contribution >= 0.6 is 0 Å². The molecule has 0 aromatic carbocycles. The normalized spacial score (nSPS) is 52.5. The van der Waals surface area contributed by atoms with Gasteiger partial charge < -0.3 is 19.7 Å². The zero-order valence-corrected chi connectivity index (χ0v) is 17.8. The molecular formula is C24H38O4.